The molecule has 27 heavy (non-hydrogen) atoms. The van der Waals surface area contributed by atoms with Gasteiger partial charge in [-0.05, 0) is 36.3 Å². The Bertz CT molecular complexity index is 758. The Labute approximate surface area is 162 Å². The molecule has 2 aromatic rings. The molecule has 0 heterocycles. The van der Waals surface area contributed by atoms with Crippen molar-refractivity contribution >= 4 is 11.6 Å². The number of aliphatic imine (C=N–C) groups is 1. The molecule has 0 aliphatic rings. The van der Waals surface area contributed by atoms with Crippen LogP contribution < -0.4 is 20.5 Å². The lowest BCUT2D eigenvalue weighted by Crippen LogP contribution is -2.23. The zero-order valence-electron chi connectivity index (χ0n) is 16.7. The van der Waals surface area contributed by atoms with Crippen molar-refractivity contribution in [2.24, 2.45) is 10.7 Å². The van der Waals surface area contributed by atoms with Gasteiger partial charge in [0.05, 0.1) is 20.8 Å². The summed E-state index contributed by atoms with van der Waals surface area (Å²) in [5.41, 5.74) is 9.26. The van der Waals surface area contributed by atoms with E-state index in [0.29, 0.717) is 24.0 Å². The summed E-state index contributed by atoms with van der Waals surface area (Å²) in [6.45, 7) is 7.92. The van der Waals surface area contributed by atoms with Crippen molar-refractivity contribution in [3.63, 3.8) is 0 Å². The number of nitrogens with two attached hydrogens (primary N) is 1. The third kappa shape index (κ3) is 6.18. The van der Waals surface area contributed by atoms with E-state index in [4.69, 9.17) is 15.2 Å². The minimum absolute atomic E-state index is 0.358. The zero-order chi connectivity index (χ0) is 19.6. The Hall–Kier alpha value is -2.73. The van der Waals surface area contributed by atoms with Crippen LogP contribution in [0.15, 0.2) is 47.5 Å². The Morgan fingerprint density at radius 2 is 1.70 bits per heavy atom. The molecule has 0 aliphatic heterocycles. The van der Waals surface area contributed by atoms with Crippen molar-refractivity contribution in [2.45, 2.75) is 26.9 Å². The summed E-state index contributed by atoms with van der Waals surface area (Å²) in [6, 6.07) is 14.0. The molecule has 0 fully saturated rings. The fourth-order valence-corrected chi connectivity index (χ4v) is 2.81. The summed E-state index contributed by atoms with van der Waals surface area (Å²) in [4.78, 5) is 6.83. The number of anilines is 1. The average Bonchev–Trinajstić information content (AvgIpc) is 2.70. The normalized spacial score (nSPS) is 11.5. The van der Waals surface area contributed by atoms with Crippen molar-refractivity contribution in [2.75, 3.05) is 32.6 Å². The van der Waals surface area contributed by atoms with E-state index in [2.05, 4.69) is 53.3 Å². The van der Waals surface area contributed by atoms with E-state index in [1.54, 1.807) is 14.2 Å². The number of ether oxygens (including phenoxy) is 2. The molecule has 2 aromatic carbocycles. The molecule has 3 N–H and O–H groups in total. The highest BCUT2D eigenvalue weighted by Crippen LogP contribution is 2.29. The first kappa shape index (κ1) is 20.6. The van der Waals surface area contributed by atoms with Gasteiger partial charge < -0.3 is 20.5 Å². The Balaban J connectivity index is 2.01. The third-order valence-electron chi connectivity index (χ3n) is 4.38. The number of rotatable bonds is 9. The van der Waals surface area contributed by atoms with Crippen LogP contribution in [-0.2, 0) is 13.1 Å². The molecule has 0 aromatic heterocycles. The van der Waals surface area contributed by atoms with Crippen molar-refractivity contribution < 1.29 is 9.47 Å². The lowest BCUT2D eigenvalue weighted by molar-refractivity contribution is 0.296. The quantitative estimate of drug-likeness (QED) is 0.522. The Kier molecular flexibility index (Phi) is 7.95. The maximum absolute atomic E-state index is 6.04. The summed E-state index contributed by atoms with van der Waals surface area (Å²) in [5, 5.41) is 3.09. The zero-order valence-corrected chi connectivity index (χ0v) is 16.7. The predicted octanol–water partition coefficient (Wildman–Crippen LogP) is 3.47. The Morgan fingerprint density at radius 3 is 2.37 bits per heavy atom. The summed E-state index contributed by atoms with van der Waals surface area (Å²) in [6.07, 6.45) is 0. The van der Waals surface area contributed by atoms with Crippen LogP contribution in [0.25, 0.3) is 0 Å². The minimum Gasteiger partial charge on any atom is -0.493 e. The summed E-state index contributed by atoms with van der Waals surface area (Å²) < 4.78 is 10.5. The van der Waals surface area contributed by atoms with Gasteiger partial charge in [0.2, 0.25) is 0 Å². The molecular formula is C21H30N4O2. The SMILES string of the molecule is CCN(CC)Cc1cccc(CN=C(N)Nc2ccc(OC)c(OC)c2)c1. The molecule has 0 aliphatic carbocycles. The van der Waals surface area contributed by atoms with Crippen molar-refractivity contribution in [3.8, 4) is 11.5 Å². The maximum atomic E-state index is 6.04. The maximum Gasteiger partial charge on any atom is 0.193 e. The summed E-state index contributed by atoms with van der Waals surface area (Å²) >= 11 is 0. The highest BCUT2D eigenvalue weighted by molar-refractivity contribution is 5.92. The van der Waals surface area contributed by atoms with E-state index < -0.39 is 0 Å². The van der Waals surface area contributed by atoms with Crippen LogP contribution in [0, 0.1) is 0 Å². The number of nitrogens with one attached hydrogen (secondary N) is 1. The number of benzene rings is 2. The van der Waals surface area contributed by atoms with E-state index in [0.717, 1.165) is 30.9 Å². The van der Waals surface area contributed by atoms with Gasteiger partial charge in [-0.2, -0.15) is 0 Å². The van der Waals surface area contributed by atoms with Crippen LogP contribution in [0.1, 0.15) is 25.0 Å². The molecule has 6 nitrogen and oxygen atoms in total. The second-order valence-corrected chi connectivity index (χ2v) is 6.18. The second-order valence-electron chi connectivity index (χ2n) is 6.18. The summed E-state index contributed by atoms with van der Waals surface area (Å²) in [7, 11) is 3.21. The molecule has 0 unspecified atom stereocenters. The van der Waals surface area contributed by atoms with Crippen LogP contribution in [0.3, 0.4) is 0 Å². The summed E-state index contributed by atoms with van der Waals surface area (Å²) in [5.74, 6) is 1.67. The predicted molar refractivity (Wildman–Crippen MR) is 112 cm³/mol. The molecule has 2 rings (SSSR count). The third-order valence-corrected chi connectivity index (χ3v) is 4.38. The molecule has 0 spiro atoms. The van der Waals surface area contributed by atoms with Crippen LogP contribution >= 0.6 is 0 Å². The van der Waals surface area contributed by atoms with Crippen molar-refractivity contribution in [1.82, 2.24) is 4.90 Å². The van der Waals surface area contributed by atoms with Gasteiger partial charge in [-0.25, -0.2) is 4.99 Å². The number of hydrogen-bond acceptors (Lipinski definition) is 4. The average molecular weight is 370 g/mol. The molecule has 0 radical (unpaired) electrons. The van der Waals surface area contributed by atoms with Crippen molar-refractivity contribution in [3.05, 3.63) is 53.6 Å². The van der Waals surface area contributed by atoms with Gasteiger partial charge in [0, 0.05) is 18.3 Å². The van der Waals surface area contributed by atoms with E-state index in [9.17, 15) is 0 Å². The number of hydrogen-bond donors (Lipinski definition) is 2. The number of methoxy groups -OCH3 is 2. The standard InChI is InChI=1S/C21H30N4O2/c1-5-25(6-2)15-17-9-7-8-16(12-17)14-23-21(22)24-18-10-11-19(26-3)20(13-18)27-4/h7-13H,5-6,14-15H2,1-4H3,(H3,22,23,24). The molecule has 0 atom stereocenters. The van der Waals surface area contributed by atoms with Crippen LogP contribution in [0.5, 0.6) is 11.5 Å². The van der Waals surface area contributed by atoms with E-state index in [-0.39, 0.29) is 0 Å². The Morgan fingerprint density at radius 1 is 1.00 bits per heavy atom. The second kappa shape index (κ2) is 10.4. The number of guanidine groups is 1. The molecular weight excluding hydrogens is 340 g/mol. The van der Waals surface area contributed by atoms with Crippen LogP contribution in [0.4, 0.5) is 5.69 Å². The molecule has 0 saturated heterocycles. The van der Waals surface area contributed by atoms with Crippen molar-refractivity contribution in [1.29, 1.82) is 0 Å². The largest absolute Gasteiger partial charge is 0.493 e. The smallest absolute Gasteiger partial charge is 0.193 e. The first-order valence-corrected chi connectivity index (χ1v) is 9.18. The monoisotopic (exact) mass is 370 g/mol. The van der Waals surface area contributed by atoms with E-state index >= 15 is 0 Å². The topological polar surface area (TPSA) is 72.1 Å². The fourth-order valence-electron chi connectivity index (χ4n) is 2.81. The van der Waals surface area contributed by atoms with E-state index in [1.807, 2.05) is 18.2 Å². The van der Waals surface area contributed by atoms with Crippen LogP contribution in [0.2, 0.25) is 0 Å². The van der Waals surface area contributed by atoms with Gasteiger partial charge in [-0.1, -0.05) is 38.1 Å². The van der Waals surface area contributed by atoms with Gasteiger partial charge >= 0.3 is 0 Å². The van der Waals surface area contributed by atoms with Gasteiger partial charge in [-0.15, -0.1) is 0 Å². The van der Waals surface area contributed by atoms with E-state index in [1.165, 1.54) is 5.56 Å². The number of nitrogens with zero attached hydrogens (tertiary/aromatic N) is 2. The molecule has 6 heteroatoms. The highest BCUT2D eigenvalue weighted by Gasteiger charge is 2.05. The van der Waals surface area contributed by atoms with Crippen LogP contribution in [-0.4, -0.2) is 38.2 Å². The molecule has 0 bridgehead atoms. The first-order valence-electron chi connectivity index (χ1n) is 9.18. The molecule has 146 valence electrons. The fraction of sp³-hybridized carbons (Fsp3) is 0.381. The lowest BCUT2D eigenvalue weighted by Gasteiger charge is -2.18. The molecule has 0 saturated carbocycles. The lowest BCUT2D eigenvalue weighted by atomic mass is 10.1. The highest BCUT2D eigenvalue weighted by atomic mass is 16.5. The first-order chi connectivity index (χ1) is 13.1. The van der Waals surface area contributed by atoms with Gasteiger partial charge in [0.1, 0.15) is 0 Å². The molecule has 0 amide bonds. The van der Waals surface area contributed by atoms with Gasteiger partial charge in [0.25, 0.3) is 0 Å². The minimum atomic E-state index is 0.358. The van der Waals surface area contributed by atoms with Gasteiger partial charge in [-0.3, -0.25) is 4.90 Å². The van der Waals surface area contributed by atoms with Gasteiger partial charge in [0.15, 0.2) is 17.5 Å².